The summed E-state index contributed by atoms with van der Waals surface area (Å²) in [6.07, 6.45) is 2.16. The highest BCUT2D eigenvalue weighted by atomic mass is 35.5. The first kappa shape index (κ1) is 13.9. The molecule has 1 heterocycles. The third-order valence-electron chi connectivity index (χ3n) is 1.96. The first-order chi connectivity index (χ1) is 7.72. The fourth-order valence-corrected chi connectivity index (χ4v) is 3.18. The summed E-state index contributed by atoms with van der Waals surface area (Å²) in [5, 5.41) is 2.89. The minimum Gasteiger partial charge on any atom is -0.355 e. The van der Waals surface area contributed by atoms with Gasteiger partial charge in [0.2, 0.25) is 5.91 Å². The van der Waals surface area contributed by atoms with E-state index in [0.717, 1.165) is 29.5 Å². The number of hydrogen-bond donors (Lipinski definition) is 1. The van der Waals surface area contributed by atoms with E-state index >= 15 is 0 Å². The number of carbonyl (C=O) groups is 1. The van der Waals surface area contributed by atoms with Gasteiger partial charge in [0.1, 0.15) is 0 Å². The Morgan fingerprint density at radius 2 is 2.38 bits per heavy atom. The fraction of sp³-hybridized carbons (Fsp3) is 0.545. The molecule has 0 atom stereocenters. The Kier molecular flexibility index (Phi) is 6.92. The zero-order valence-electron chi connectivity index (χ0n) is 9.29. The molecule has 0 aliphatic carbocycles. The van der Waals surface area contributed by atoms with Gasteiger partial charge in [-0.15, -0.1) is 23.1 Å². The van der Waals surface area contributed by atoms with Crippen molar-refractivity contribution in [2.45, 2.75) is 25.5 Å². The van der Waals surface area contributed by atoms with Crippen LogP contribution in [0.4, 0.5) is 0 Å². The van der Waals surface area contributed by atoms with Crippen LogP contribution in [0.25, 0.3) is 0 Å². The van der Waals surface area contributed by atoms with E-state index < -0.39 is 0 Å². The van der Waals surface area contributed by atoms with Crippen LogP contribution < -0.4 is 5.32 Å². The van der Waals surface area contributed by atoms with Crippen molar-refractivity contribution in [2.75, 3.05) is 12.3 Å². The van der Waals surface area contributed by atoms with Crippen LogP contribution >= 0.6 is 34.7 Å². The minimum atomic E-state index is 0.126. The van der Waals surface area contributed by atoms with Crippen molar-refractivity contribution in [1.82, 2.24) is 5.32 Å². The number of thiophene rings is 1. The monoisotopic (exact) mass is 277 g/mol. The topological polar surface area (TPSA) is 29.1 Å². The van der Waals surface area contributed by atoms with Gasteiger partial charge < -0.3 is 5.32 Å². The number of hydrogen-bond acceptors (Lipinski definition) is 3. The van der Waals surface area contributed by atoms with Gasteiger partial charge in [-0.3, -0.25) is 4.79 Å². The van der Waals surface area contributed by atoms with Gasteiger partial charge in [0, 0.05) is 17.2 Å². The van der Waals surface area contributed by atoms with E-state index in [1.165, 1.54) is 4.88 Å². The third-order valence-corrected chi connectivity index (χ3v) is 4.35. The van der Waals surface area contributed by atoms with E-state index in [0.29, 0.717) is 5.75 Å². The molecule has 1 aromatic rings. The Morgan fingerprint density at radius 1 is 1.56 bits per heavy atom. The second kappa shape index (κ2) is 7.98. The quantitative estimate of drug-likeness (QED) is 0.772. The Morgan fingerprint density at radius 3 is 3.00 bits per heavy atom. The lowest BCUT2D eigenvalue weighted by atomic mass is 10.3. The van der Waals surface area contributed by atoms with E-state index in [1.807, 2.05) is 12.1 Å². The van der Waals surface area contributed by atoms with Crippen molar-refractivity contribution < 1.29 is 4.79 Å². The highest BCUT2D eigenvalue weighted by Crippen LogP contribution is 2.24. The molecule has 1 aromatic heterocycles. The van der Waals surface area contributed by atoms with Crippen molar-refractivity contribution >= 4 is 40.6 Å². The van der Waals surface area contributed by atoms with E-state index in [1.54, 1.807) is 23.1 Å². The number of rotatable bonds is 7. The maximum atomic E-state index is 11.4. The average Bonchev–Trinajstić information content (AvgIpc) is 2.65. The molecule has 16 heavy (non-hydrogen) atoms. The lowest BCUT2D eigenvalue weighted by Gasteiger charge is -2.03. The van der Waals surface area contributed by atoms with Crippen molar-refractivity contribution in [2.24, 2.45) is 0 Å². The van der Waals surface area contributed by atoms with Gasteiger partial charge in [-0.05, 0) is 18.6 Å². The summed E-state index contributed by atoms with van der Waals surface area (Å²) in [7, 11) is 0. The van der Waals surface area contributed by atoms with Crippen molar-refractivity contribution in [3.8, 4) is 0 Å². The predicted octanol–water partition coefficient (Wildman–Crippen LogP) is 3.55. The van der Waals surface area contributed by atoms with Crippen molar-refractivity contribution in [3.63, 3.8) is 0 Å². The molecule has 0 unspecified atom stereocenters. The van der Waals surface area contributed by atoms with Gasteiger partial charge in [0.25, 0.3) is 0 Å². The molecule has 1 amide bonds. The number of halogens is 1. The molecule has 0 aliphatic rings. The molecule has 1 N–H and O–H groups in total. The molecule has 0 spiro atoms. The summed E-state index contributed by atoms with van der Waals surface area (Å²) in [4.78, 5) is 12.6. The second-order valence-electron chi connectivity index (χ2n) is 3.40. The SMILES string of the molecule is CCCCNC(=O)CSCc1ccc(Cl)s1. The van der Waals surface area contributed by atoms with Gasteiger partial charge in [-0.2, -0.15) is 0 Å². The first-order valence-electron chi connectivity index (χ1n) is 5.31. The number of carbonyl (C=O) groups excluding carboxylic acids is 1. The summed E-state index contributed by atoms with van der Waals surface area (Å²) in [5.74, 6) is 1.51. The highest BCUT2D eigenvalue weighted by molar-refractivity contribution is 7.99. The second-order valence-corrected chi connectivity index (χ2v) is 6.19. The fourth-order valence-electron chi connectivity index (χ4n) is 1.13. The molecule has 0 radical (unpaired) electrons. The van der Waals surface area contributed by atoms with Crippen LogP contribution in [0.2, 0.25) is 4.34 Å². The molecule has 1 rings (SSSR count). The van der Waals surface area contributed by atoms with Crippen LogP contribution in [0, 0.1) is 0 Å². The van der Waals surface area contributed by atoms with Crippen LogP contribution in [-0.4, -0.2) is 18.2 Å². The maximum Gasteiger partial charge on any atom is 0.230 e. The minimum absolute atomic E-state index is 0.126. The zero-order valence-corrected chi connectivity index (χ0v) is 11.7. The zero-order chi connectivity index (χ0) is 11.8. The molecule has 0 fully saturated rings. The summed E-state index contributed by atoms with van der Waals surface area (Å²) in [5.41, 5.74) is 0. The van der Waals surface area contributed by atoms with Crippen LogP contribution in [0.3, 0.4) is 0 Å². The largest absolute Gasteiger partial charge is 0.355 e. The molecule has 2 nitrogen and oxygen atoms in total. The van der Waals surface area contributed by atoms with E-state index in [2.05, 4.69) is 12.2 Å². The molecule has 0 saturated carbocycles. The van der Waals surface area contributed by atoms with Gasteiger partial charge in [0.15, 0.2) is 0 Å². The van der Waals surface area contributed by atoms with E-state index in [4.69, 9.17) is 11.6 Å². The lowest BCUT2D eigenvalue weighted by molar-refractivity contribution is -0.118. The summed E-state index contributed by atoms with van der Waals surface area (Å²) in [6, 6.07) is 3.90. The smallest absolute Gasteiger partial charge is 0.230 e. The van der Waals surface area contributed by atoms with Gasteiger partial charge in [-0.1, -0.05) is 24.9 Å². The Hall–Kier alpha value is -0.190. The molecule has 5 heteroatoms. The first-order valence-corrected chi connectivity index (χ1v) is 7.66. The number of amides is 1. The van der Waals surface area contributed by atoms with Gasteiger partial charge >= 0.3 is 0 Å². The summed E-state index contributed by atoms with van der Waals surface area (Å²) >= 11 is 9.02. The predicted molar refractivity (Wildman–Crippen MR) is 73.4 cm³/mol. The highest BCUT2D eigenvalue weighted by Gasteiger charge is 2.02. The normalized spacial score (nSPS) is 10.4. The van der Waals surface area contributed by atoms with E-state index in [-0.39, 0.29) is 5.91 Å². The Balaban J connectivity index is 2.08. The standard InChI is InChI=1S/C11H16ClNOS2/c1-2-3-6-13-11(14)8-15-7-9-4-5-10(12)16-9/h4-5H,2-3,6-8H2,1H3,(H,13,14). The molecule has 0 bridgehead atoms. The molecule has 0 aromatic carbocycles. The molecular weight excluding hydrogens is 262 g/mol. The molecule has 0 aliphatic heterocycles. The average molecular weight is 278 g/mol. The van der Waals surface area contributed by atoms with Crippen LogP contribution in [0.15, 0.2) is 12.1 Å². The number of nitrogens with one attached hydrogen (secondary N) is 1. The number of unbranched alkanes of at least 4 members (excludes halogenated alkanes) is 1. The van der Waals surface area contributed by atoms with Crippen molar-refractivity contribution in [1.29, 1.82) is 0 Å². The Bertz CT molecular complexity index is 328. The van der Waals surface area contributed by atoms with Crippen LogP contribution in [-0.2, 0) is 10.5 Å². The van der Waals surface area contributed by atoms with E-state index in [9.17, 15) is 4.79 Å². The maximum absolute atomic E-state index is 11.4. The molecular formula is C11H16ClNOS2. The summed E-state index contributed by atoms with van der Waals surface area (Å²) < 4.78 is 0.808. The molecule has 0 saturated heterocycles. The lowest BCUT2D eigenvalue weighted by Crippen LogP contribution is -2.26. The summed E-state index contributed by atoms with van der Waals surface area (Å²) in [6.45, 7) is 2.90. The van der Waals surface area contributed by atoms with Gasteiger partial charge in [-0.25, -0.2) is 0 Å². The van der Waals surface area contributed by atoms with Crippen LogP contribution in [0.1, 0.15) is 24.6 Å². The Labute approximate surface area is 110 Å². The number of thioether (sulfide) groups is 1. The third kappa shape index (κ3) is 5.77. The van der Waals surface area contributed by atoms with Crippen LogP contribution in [0.5, 0.6) is 0 Å². The van der Waals surface area contributed by atoms with Crippen molar-refractivity contribution in [3.05, 3.63) is 21.3 Å². The van der Waals surface area contributed by atoms with Gasteiger partial charge in [0.05, 0.1) is 10.1 Å². The molecule has 90 valence electrons.